The first kappa shape index (κ1) is 8.01. The molecular formula is C8H13N3. The van der Waals surface area contributed by atoms with Crippen molar-refractivity contribution in [3.63, 3.8) is 0 Å². The lowest BCUT2D eigenvalue weighted by Crippen LogP contribution is -2.23. The van der Waals surface area contributed by atoms with E-state index < -0.39 is 0 Å². The Kier molecular flexibility index (Phi) is 2.86. The average Bonchev–Trinajstić information content (AvgIpc) is 2.27. The van der Waals surface area contributed by atoms with Crippen molar-refractivity contribution < 1.29 is 0 Å². The molecule has 0 aromatic heterocycles. The molecule has 3 N–H and O–H groups in total. The third-order valence-corrected chi connectivity index (χ3v) is 1.72. The number of hydrazine groups is 1. The summed E-state index contributed by atoms with van der Waals surface area (Å²) in [7, 11) is 0. The van der Waals surface area contributed by atoms with Crippen molar-refractivity contribution >= 4 is 6.21 Å². The molecule has 1 aliphatic rings. The minimum atomic E-state index is 0.941. The van der Waals surface area contributed by atoms with Crippen LogP contribution in [0.4, 0.5) is 0 Å². The van der Waals surface area contributed by atoms with E-state index in [1.807, 2.05) is 6.08 Å². The van der Waals surface area contributed by atoms with Crippen molar-refractivity contribution in [3.05, 3.63) is 23.5 Å². The quantitative estimate of drug-likeness (QED) is 0.458. The van der Waals surface area contributed by atoms with E-state index in [9.17, 15) is 0 Å². The van der Waals surface area contributed by atoms with E-state index in [1.54, 1.807) is 12.4 Å². The maximum Gasteiger partial charge on any atom is 0.0663 e. The molecule has 11 heavy (non-hydrogen) atoms. The smallest absolute Gasteiger partial charge is 0.0663 e. The van der Waals surface area contributed by atoms with E-state index in [0.29, 0.717) is 0 Å². The molecule has 60 valence electrons. The van der Waals surface area contributed by atoms with E-state index >= 15 is 0 Å². The van der Waals surface area contributed by atoms with Gasteiger partial charge in [-0.05, 0) is 18.4 Å². The van der Waals surface area contributed by atoms with Crippen LogP contribution in [0.15, 0.2) is 28.5 Å². The Bertz CT molecular complexity index is 213. The van der Waals surface area contributed by atoms with E-state index in [4.69, 9.17) is 5.84 Å². The zero-order valence-electron chi connectivity index (χ0n) is 6.67. The van der Waals surface area contributed by atoms with Crippen LogP contribution < -0.4 is 11.3 Å². The Labute approximate surface area is 66.7 Å². The van der Waals surface area contributed by atoms with Gasteiger partial charge in [-0.2, -0.15) is 0 Å². The van der Waals surface area contributed by atoms with Crippen LogP contribution in [-0.4, -0.2) is 6.21 Å². The molecule has 0 saturated carbocycles. The Hall–Kier alpha value is -1.09. The highest BCUT2D eigenvalue weighted by molar-refractivity contribution is 5.79. The van der Waals surface area contributed by atoms with Crippen LogP contribution in [0.3, 0.4) is 0 Å². The minimum Gasteiger partial charge on any atom is -0.323 e. The van der Waals surface area contributed by atoms with Crippen molar-refractivity contribution in [2.45, 2.75) is 19.8 Å². The molecule has 0 radical (unpaired) electrons. The van der Waals surface area contributed by atoms with Crippen LogP contribution in [0, 0.1) is 0 Å². The third-order valence-electron chi connectivity index (χ3n) is 1.72. The maximum atomic E-state index is 5.31. The predicted molar refractivity (Wildman–Crippen MR) is 46.9 cm³/mol. The molecule has 0 saturated heterocycles. The van der Waals surface area contributed by atoms with E-state index in [-0.39, 0.29) is 0 Å². The summed E-state index contributed by atoms with van der Waals surface area (Å²) < 4.78 is 0. The standard InChI is InChI=1S/C8H13N3/c1-2-7-4-3-5-10-6-8(7)11-9/h3,5-6,11H,2,4,9H2,1H3. The van der Waals surface area contributed by atoms with Crippen molar-refractivity contribution in [2.75, 3.05) is 0 Å². The molecule has 1 heterocycles. The van der Waals surface area contributed by atoms with Gasteiger partial charge in [-0.3, -0.25) is 10.8 Å². The summed E-state index contributed by atoms with van der Waals surface area (Å²) in [5, 5.41) is 0. The van der Waals surface area contributed by atoms with Crippen molar-refractivity contribution in [3.8, 4) is 0 Å². The van der Waals surface area contributed by atoms with Gasteiger partial charge in [0.05, 0.1) is 11.9 Å². The lowest BCUT2D eigenvalue weighted by Gasteiger charge is -2.05. The molecule has 0 unspecified atom stereocenters. The molecule has 0 aromatic carbocycles. The van der Waals surface area contributed by atoms with Gasteiger partial charge >= 0.3 is 0 Å². The molecule has 3 heteroatoms. The van der Waals surface area contributed by atoms with Gasteiger partial charge in [-0.15, -0.1) is 0 Å². The van der Waals surface area contributed by atoms with Crippen molar-refractivity contribution in [1.29, 1.82) is 0 Å². The number of hydrogen-bond acceptors (Lipinski definition) is 3. The first-order valence-electron chi connectivity index (χ1n) is 3.75. The highest BCUT2D eigenvalue weighted by Crippen LogP contribution is 2.12. The van der Waals surface area contributed by atoms with Gasteiger partial charge in [0.15, 0.2) is 0 Å². The third kappa shape index (κ3) is 1.91. The van der Waals surface area contributed by atoms with Crippen LogP contribution in [0.25, 0.3) is 0 Å². The lowest BCUT2D eigenvalue weighted by atomic mass is 10.1. The largest absolute Gasteiger partial charge is 0.323 e. The van der Waals surface area contributed by atoms with Crippen LogP contribution >= 0.6 is 0 Å². The second kappa shape index (κ2) is 3.93. The second-order valence-corrected chi connectivity index (χ2v) is 2.38. The zero-order chi connectivity index (χ0) is 8.10. The van der Waals surface area contributed by atoms with Gasteiger partial charge in [0.1, 0.15) is 0 Å². The molecule has 0 fully saturated rings. The highest BCUT2D eigenvalue weighted by atomic mass is 15.2. The SMILES string of the molecule is CCC1=C(NN)C=NC=CC1. The molecule has 0 amide bonds. The summed E-state index contributed by atoms with van der Waals surface area (Å²) in [5.74, 6) is 5.31. The summed E-state index contributed by atoms with van der Waals surface area (Å²) >= 11 is 0. The highest BCUT2D eigenvalue weighted by Gasteiger charge is 2.01. The molecular weight excluding hydrogens is 138 g/mol. The molecule has 0 aliphatic carbocycles. The molecule has 1 aliphatic heterocycles. The van der Waals surface area contributed by atoms with E-state index in [0.717, 1.165) is 18.5 Å². The normalized spacial score (nSPS) is 16.9. The Balaban J connectivity index is 2.85. The first-order valence-corrected chi connectivity index (χ1v) is 3.75. The first-order chi connectivity index (χ1) is 5.38. The molecule has 0 aromatic rings. The van der Waals surface area contributed by atoms with Crippen LogP contribution in [0.5, 0.6) is 0 Å². The average molecular weight is 151 g/mol. The molecule has 0 atom stereocenters. The van der Waals surface area contributed by atoms with Gasteiger partial charge in [-0.25, -0.2) is 0 Å². The fourth-order valence-corrected chi connectivity index (χ4v) is 1.05. The molecule has 0 spiro atoms. The fourth-order valence-electron chi connectivity index (χ4n) is 1.05. The van der Waals surface area contributed by atoms with Gasteiger partial charge in [0, 0.05) is 6.20 Å². The monoisotopic (exact) mass is 151 g/mol. The lowest BCUT2D eigenvalue weighted by molar-refractivity contribution is 0.882. The number of rotatable bonds is 2. The minimum absolute atomic E-state index is 0.941. The zero-order valence-corrected chi connectivity index (χ0v) is 6.67. The Morgan fingerprint density at radius 1 is 1.73 bits per heavy atom. The van der Waals surface area contributed by atoms with Crippen molar-refractivity contribution in [1.82, 2.24) is 5.43 Å². The predicted octanol–water partition coefficient (Wildman–Crippen LogP) is 1.10. The van der Waals surface area contributed by atoms with Crippen molar-refractivity contribution in [2.24, 2.45) is 10.8 Å². The van der Waals surface area contributed by atoms with E-state index in [1.165, 1.54) is 5.57 Å². The van der Waals surface area contributed by atoms with Gasteiger partial charge < -0.3 is 5.43 Å². The molecule has 1 rings (SSSR count). The van der Waals surface area contributed by atoms with E-state index in [2.05, 4.69) is 17.3 Å². The number of aliphatic imine (C=N–C) groups is 1. The summed E-state index contributed by atoms with van der Waals surface area (Å²) in [6, 6.07) is 0. The van der Waals surface area contributed by atoms with Crippen LogP contribution in [0.2, 0.25) is 0 Å². The molecule has 3 nitrogen and oxygen atoms in total. The van der Waals surface area contributed by atoms with Crippen LogP contribution in [-0.2, 0) is 0 Å². The van der Waals surface area contributed by atoms with Gasteiger partial charge in [0.2, 0.25) is 0 Å². The Morgan fingerprint density at radius 3 is 3.18 bits per heavy atom. The Morgan fingerprint density at radius 2 is 2.55 bits per heavy atom. The molecule has 0 bridgehead atoms. The number of nitrogens with two attached hydrogens (primary N) is 1. The second-order valence-electron chi connectivity index (χ2n) is 2.38. The van der Waals surface area contributed by atoms with Crippen LogP contribution in [0.1, 0.15) is 19.8 Å². The summed E-state index contributed by atoms with van der Waals surface area (Å²) in [6.45, 7) is 2.11. The number of nitrogens with zero attached hydrogens (tertiary/aromatic N) is 1. The van der Waals surface area contributed by atoms with Gasteiger partial charge in [0.25, 0.3) is 0 Å². The van der Waals surface area contributed by atoms with Gasteiger partial charge in [-0.1, -0.05) is 13.0 Å². The maximum absolute atomic E-state index is 5.31. The fraction of sp³-hybridized carbons (Fsp3) is 0.375. The number of allylic oxidation sites excluding steroid dienone is 3. The topological polar surface area (TPSA) is 50.4 Å². The summed E-state index contributed by atoms with van der Waals surface area (Å²) in [5.41, 5.74) is 4.87. The number of nitrogens with one attached hydrogen (secondary N) is 1. The number of hydrogen-bond donors (Lipinski definition) is 2. The summed E-state index contributed by atoms with van der Waals surface area (Å²) in [6.07, 6.45) is 7.52. The summed E-state index contributed by atoms with van der Waals surface area (Å²) in [4.78, 5) is 4.02.